The van der Waals surface area contributed by atoms with Gasteiger partial charge in [-0.15, -0.1) is 0 Å². The lowest BCUT2D eigenvalue weighted by Gasteiger charge is -2.42. The van der Waals surface area contributed by atoms with Gasteiger partial charge in [0.1, 0.15) is 5.82 Å². The second-order valence-electron chi connectivity index (χ2n) is 5.16. The van der Waals surface area contributed by atoms with Crippen LogP contribution in [0.1, 0.15) is 18.4 Å². The smallest absolute Gasteiger partial charge is 0.127 e. The lowest BCUT2D eigenvalue weighted by Crippen LogP contribution is -2.55. The summed E-state index contributed by atoms with van der Waals surface area (Å²) in [5, 5.41) is 3.29. The Kier molecular flexibility index (Phi) is 5.55. The van der Waals surface area contributed by atoms with Crippen molar-refractivity contribution in [2.75, 3.05) is 27.4 Å². The molecule has 112 valence electrons. The third-order valence-electron chi connectivity index (χ3n) is 4.17. The van der Waals surface area contributed by atoms with Crippen molar-refractivity contribution in [3.05, 3.63) is 34.1 Å². The average Bonchev–Trinajstić information content (AvgIpc) is 2.47. The fourth-order valence-corrected chi connectivity index (χ4v) is 3.20. The molecular weight excluding hydrogens is 325 g/mol. The summed E-state index contributed by atoms with van der Waals surface area (Å²) >= 11 is 3.28. The Morgan fingerprint density at radius 3 is 2.70 bits per heavy atom. The molecule has 0 amide bonds. The highest BCUT2D eigenvalue weighted by Gasteiger charge is 2.40. The standard InChI is InChI=1S/C15H21BrFNO2/c1-18-14(15(19-2)5-7-20-8-6-15)9-11-3-4-12(16)10-13(11)17/h3-4,10,14,18H,5-9H2,1-2H3. The highest BCUT2D eigenvalue weighted by atomic mass is 79.9. The molecule has 1 saturated heterocycles. The molecule has 0 aromatic heterocycles. The van der Waals surface area contributed by atoms with Crippen molar-refractivity contribution in [3.63, 3.8) is 0 Å². The molecule has 0 spiro atoms. The van der Waals surface area contributed by atoms with E-state index < -0.39 is 0 Å². The number of halogens is 2. The first-order chi connectivity index (χ1) is 9.61. The van der Waals surface area contributed by atoms with Crippen molar-refractivity contribution < 1.29 is 13.9 Å². The SMILES string of the molecule is CNC(Cc1ccc(Br)cc1F)C1(OC)CCOCC1. The van der Waals surface area contributed by atoms with Gasteiger partial charge in [-0.05, 0) is 31.2 Å². The first-order valence-corrected chi connectivity index (χ1v) is 7.64. The van der Waals surface area contributed by atoms with E-state index in [-0.39, 0.29) is 17.5 Å². The molecule has 0 aliphatic carbocycles. The normalized spacial score (nSPS) is 19.8. The molecule has 3 nitrogen and oxygen atoms in total. The molecule has 1 aromatic rings. The molecule has 1 aliphatic heterocycles. The molecule has 1 atom stereocenters. The summed E-state index contributed by atoms with van der Waals surface area (Å²) < 4.78 is 26.0. The fraction of sp³-hybridized carbons (Fsp3) is 0.600. The van der Waals surface area contributed by atoms with E-state index in [9.17, 15) is 4.39 Å². The lowest BCUT2D eigenvalue weighted by atomic mass is 9.82. The van der Waals surface area contributed by atoms with E-state index in [0.29, 0.717) is 25.2 Å². The monoisotopic (exact) mass is 345 g/mol. The van der Waals surface area contributed by atoms with Gasteiger partial charge in [0.2, 0.25) is 0 Å². The van der Waals surface area contributed by atoms with Gasteiger partial charge in [0.05, 0.1) is 5.60 Å². The molecule has 1 unspecified atom stereocenters. The van der Waals surface area contributed by atoms with Crippen molar-refractivity contribution in [3.8, 4) is 0 Å². The second-order valence-corrected chi connectivity index (χ2v) is 6.08. The summed E-state index contributed by atoms with van der Waals surface area (Å²) in [6.07, 6.45) is 2.25. The van der Waals surface area contributed by atoms with Crippen LogP contribution in [0.25, 0.3) is 0 Å². The quantitative estimate of drug-likeness (QED) is 0.889. The molecule has 0 radical (unpaired) electrons. The van der Waals surface area contributed by atoms with Crippen LogP contribution in [0, 0.1) is 5.82 Å². The minimum Gasteiger partial charge on any atom is -0.381 e. The van der Waals surface area contributed by atoms with E-state index in [2.05, 4.69) is 21.2 Å². The van der Waals surface area contributed by atoms with Gasteiger partial charge in [0.25, 0.3) is 0 Å². The predicted octanol–water partition coefficient (Wildman–Crippen LogP) is 2.91. The highest BCUT2D eigenvalue weighted by molar-refractivity contribution is 9.10. The van der Waals surface area contributed by atoms with E-state index >= 15 is 0 Å². The van der Waals surface area contributed by atoms with E-state index in [4.69, 9.17) is 9.47 Å². The molecule has 0 bridgehead atoms. The summed E-state index contributed by atoms with van der Waals surface area (Å²) in [5.74, 6) is -0.182. The molecule has 1 N–H and O–H groups in total. The number of hydrogen-bond acceptors (Lipinski definition) is 3. The zero-order valence-corrected chi connectivity index (χ0v) is 13.5. The molecule has 1 fully saturated rings. The summed E-state index contributed by atoms with van der Waals surface area (Å²) in [6, 6.07) is 5.26. The highest BCUT2D eigenvalue weighted by Crippen LogP contribution is 2.30. The Hall–Kier alpha value is -0.490. The van der Waals surface area contributed by atoms with Gasteiger partial charge < -0.3 is 14.8 Å². The van der Waals surface area contributed by atoms with E-state index in [0.717, 1.165) is 17.3 Å². The number of nitrogens with one attached hydrogen (secondary N) is 1. The first kappa shape index (κ1) is 15.9. The molecule has 5 heteroatoms. The van der Waals surface area contributed by atoms with Crippen LogP contribution in [0.3, 0.4) is 0 Å². The number of rotatable bonds is 5. The zero-order valence-electron chi connectivity index (χ0n) is 11.9. The van der Waals surface area contributed by atoms with E-state index in [1.165, 1.54) is 6.07 Å². The van der Waals surface area contributed by atoms with E-state index in [1.54, 1.807) is 7.11 Å². The second kappa shape index (κ2) is 6.98. The van der Waals surface area contributed by atoms with Gasteiger partial charge in [0, 0.05) is 43.7 Å². The van der Waals surface area contributed by atoms with Crippen LogP contribution < -0.4 is 5.32 Å². The first-order valence-electron chi connectivity index (χ1n) is 6.85. The van der Waals surface area contributed by atoms with Crippen molar-refractivity contribution in [2.45, 2.75) is 30.9 Å². The van der Waals surface area contributed by atoms with Crippen LogP contribution in [0.4, 0.5) is 4.39 Å². The van der Waals surface area contributed by atoms with Crippen molar-refractivity contribution in [1.82, 2.24) is 5.32 Å². The Morgan fingerprint density at radius 1 is 1.45 bits per heavy atom. The Bertz CT molecular complexity index is 449. The molecular formula is C15H21BrFNO2. The van der Waals surface area contributed by atoms with E-state index in [1.807, 2.05) is 19.2 Å². The zero-order chi connectivity index (χ0) is 14.6. The number of ether oxygens (including phenoxy) is 2. The molecule has 0 saturated carbocycles. The number of hydrogen-bond donors (Lipinski definition) is 1. The lowest BCUT2D eigenvalue weighted by molar-refractivity contribution is -0.109. The van der Waals surface area contributed by atoms with Crippen LogP contribution in [0.2, 0.25) is 0 Å². The van der Waals surface area contributed by atoms with Gasteiger partial charge in [-0.1, -0.05) is 22.0 Å². The topological polar surface area (TPSA) is 30.5 Å². The van der Waals surface area contributed by atoms with Crippen LogP contribution in [-0.4, -0.2) is 39.0 Å². The number of likely N-dealkylation sites (N-methyl/N-ethyl adjacent to an activating group) is 1. The molecule has 20 heavy (non-hydrogen) atoms. The van der Waals surface area contributed by atoms with Crippen LogP contribution >= 0.6 is 15.9 Å². The van der Waals surface area contributed by atoms with Crippen molar-refractivity contribution >= 4 is 15.9 Å². The number of benzene rings is 1. The summed E-state index contributed by atoms with van der Waals surface area (Å²) in [4.78, 5) is 0. The van der Waals surface area contributed by atoms with Crippen LogP contribution in [0.5, 0.6) is 0 Å². The summed E-state index contributed by atoms with van der Waals surface area (Å²) in [7, 11) is 3.63. The summed E-state index contributed by atoms with van der Waals surface area (Å²) in [6.45, 7) is 1.38. The van der Waals surface area contributed by atoms with Gasteiger partial charge in [-0.25, -0.2) is 4.39 Å². The van der Waals surface area contributed by atoms with Gasteiger partial charge >= 0.3 is 0 Å². The maximum atomic E-state index is 14.0. The summed E-state index contributed by atoms with van der Waals surface area (Å²) in [5.41, 5.74) is 0.419. The minimum atomic E-state index is -0.285. The van der Waals surface area contributed by atoms with Crippen LogP contribution in [-0.2, 0) is 15.9 Å². The maximum Gasteiger partial charge on any atom is 0.127 e. The van der Waals surface area contributed by atoms with Crippen molar-refractivity contribution in [1.29, 1.82) is 0 Å². The Balaban J connectivity index is 2.18. The van der Waals surface area contributed by atoms with Gasteiger partial charge in [-0.2, -0.15) is 0 Å². The fourth-order valence-electron chi connectivity index (χ4n) is 2.87. The minimum absolute atomic E-state index is 0.0621. The predicted molar refractivity (Wildman–Crippen MR) is 80.4 cm³/mol. The third kappa shape index (κ3) is 3.39. The largest absolute Gasteiger partial charge is 0.381 e. The maximum absolute atomic E-state index is 14.0. The van der Waals surface area contributed by atoms with Crippen LogP contribution in [0.15, 0.2) is 22.7 Å². The Labute approximate surface area is 128 Å². The Morgan fingerprint density at radius 2 is 2.15 bits per heavy atom. The molecule has 2 rings (SSSR count). The van der Waals surface area contributed by atoms with Crippen molar-refractivity contribution in [2.24, 2.45) is 0 Å². The third-order valence-corrected chi connectivity index (χ3v) is 4.66. The van der Waals surface area contributed by atoms with Gasteiger partial charge in [-0.3, -0.25) is 0 Å². The molecule has 1 aromatic carbocycles. The molecule has 1 aliphatic rings. The van der Waals surface area contributed by atoms with Gasteiger partial charge in [0.15, 0.2) is 0 Å². The molecule has 1 heterocycles. The average molecular weight is 346 g/mol. The number of methoxy groups -OCH3 is 1.